The van der Waals surface area contributed by atoms with Gasteiger partial charge in [-0.05, 0) is 39.4 Å². The number of hydrogen-bond acceptors (Lipinski definition) is 1. The summed E-state index contributed by atoms with van der Waals surface area (Å²) in [4.78, 5) is 11.0. The third-order valence-corrected chi connectivity index (χ3v) is 4.57. The van der Waals surface area contributed by atoms with Crippen LogP contribution in [0.2, 0.25) is 0 Å². The highest BCUT2D eigenvalue weighted by molar-refractivity contribution is 5.79. The van der Waals surface area contributed by atoms with E-state index in [1.165, 1.54) is 22.3 Å². The van der Waals surface area contributed by atoms with Crippen molar-refractivity contribution in [2.75, 3.05) is 0 Å². The quantitative estimate of drug-likeness (QED) is 0.389. The predicted octanol–water partition coefficient (Wildman–Crippen LogP) is 6.50. The van der Waals surface area contributed by atoms with E-state index >= 15 is 0 Å². The van der Waals surface area contributed by atoms with E-state index in [9.17, 15) is 4.79 Å². The van der Waals surface area contributed by atoms with Crippen molar-refractivity contribution in [3.63, 3.8) is 0 Å². The summed E-state index contributed by atoms with van der Waals surface area (Å²) in [5.74, 6) is 0. The Hall–Kier alpha value is -3.45. The molecule has 26 heavy (non-hydrogen) atoms. The maximum absolute atomic E-state index is 11.0. The molecule has 4 rings (SSSR count). The van der Waals surface area contributed by atoms with Gasteiger partial charge >= 0.3 is 0 Å². The summed E-state index contributed by atoms with van der Waals surface area (Å²) in [6.45, 7) is 0. The third kappa shape index (κ3) is 3.33. The largest absolute Gasteiger partial charge is 0.298 e. The smallest absolute Gasteiger partial charge is 0.150 e. The highest BCUT2D eigenvalue weighted by Crippen LogP contribution is 2.27. The first-order chi connectivity index (χ1) is 12.8. The molecule has 0 bridgehead atoms. The number of carbonyl (C=O) groups excluding carboxylic acids is 1. The molecule has 1 nitrogen and oxygen atoms in total. The first kappa shape index (κ1) is 16.0. The van der Waals surface area contributed by atoms with Crippen molar-refractivity contribution >= 4 is 6.29 Å². The van der Waals surface area contributed by atoms with Crippen LogP contribution < -0.4 is 0 Å². The fourth-order valence-corrected chi connectivity index (χ4v) is 3.13. The van der Waals surface area contributed by atoms with Gasteiger partial charge in [0.1, 0.15) is 6.29 Å². The summed E-state index contributed by atoms with van der Waals surface area (Å²) in [6.07, 6.45) is 0.881. The molecule has 0 N–H and O–H groups in total. The second kappa shape index (κ2) is 7.20. The molecule has 0 radical (unpaired) electrons. The molecular formula is C25H18O. The van der Waals surface area contributed by atoms with Gasteiger partial charge in [-0.25, -0.2) is 0 Å². The van der Waals surface area contributed by atoms with Crippen LogP contribution in [0.5, 0.6) is 0 Å². The summed E-state index contributed by atoms with van der Waals surface area (Å²) in [5.41, 5.74) is 7.68. The number of benzene rings is 4. The molecule has 0 aliphatic carbocycles. The zero-order chi connectivity index (χ0) is 17.8. The van der Waals surface area contributed by atoms with Crippen molar-refractivity contribution in [1.29, 1.82) is 0 Å². The van der Waals surface area contributed by atoms with Crippen LogP contribution in [-0.4, -0.2) is 6.29 Å². The van der Waals surface area contributed by atoms with Crippen LogP contribution in [0.15, 0.2) is 103 Å². The SMILES string of the molecule is O=Cc1cccc(-c2ccc(-c3ccc(-c4ccccc4)cc3)cc2)c1. The van der Waals surface area contributed by atoms with Gasteiger partial charge in [0.2, 0.25) is 0 Å². The normalized spacial score (nSPS) is 10.5. The number of aldehydes is 1. The van der Waals surface area contributed by atoms with Crippen molar-refractivity contribution < 1.29 is 4.79 Å². The van der Waals surface area contributed by atoms with E-state index in [4.69, 9.17) is 0 Å². The molecule has 124 valence electrons. The summed E-state index contributed by atoms with van der Waals surface area (Å²) in [5, 5.41) is 0. The summed E-state index contributed by atoms with van der Waals surface area (Å²) in [6, 6.07) is 35.1. The van der Waals surface area contributed by atoms with E-state index in [0.29, 0.717) is 5.56 Å². The Morgan fingerprint density at radius 1 is 0.423 bits per heavy atom. The Bertz CT molecular complexity index is 1010. The Kier molecular flexibility index (Phi) is 4.44. The molecule has 0 aliphatic heterocycles. The molecule has 0 heterocycles. The highest BCUT2D eigenvalue weighted by Gasteiger charge is 2.03. The average Bonchev–Trinajstić information content (AvgIpc) is 2.75. The van der Waals surface area contributed by atoms with Crippen LogP contribution in [0, 0.1) is 0 Å². The number of hydrogen-bond donors (Lipinski definition) is 0. The molecule has 0 aliphatic rings. The lowest BCUT2D eigenvalue weighted by atomic mass is 9.97. The molecule has 0 unspecified atom stereocenters. The maximum Gasteiger partial charge on any atom is 0.150 e. The molecule has 4 aromatic rings. The molecule has 1 heteroatoms. The van der Waals surface area contributed by atoms with Crippen LogP contribution in [0.4, 0.5) is 0 Å². The minimum atomic E-state index is 0.697. The van der Waals surface area contributed by atoms with Crippen molar-refractivity contribution in [3.05, 3.63) is 109 Å². The van der Waals surface area contributed by atoms with Crippen LogP contribution in [-0.2, 0) is 0 Å². The van der Waals surface area contributed by atoms with Crippen molar-refractivity contribution in [2.24, 2.45) is 0 Å². The van der Waals surface area contributed by atoms with Gasteiger partial charge in [0.25, 0.3) is 0 Å². The van der Waals surface area contributed by atoms with Gasteiger partial charge in [0.15, 0.2) is 0 Å². The molecule has 0 fully saturated rings. The lowest BCUT2D eigenvalue weighted by Gasteiger charge is -2.07. The fourth-order valence-electron chi connectivity index (χ4n) is 3.13. The molecule has 4 aromatic carbocycles. The minimum absolute atomic E-state index is 0.697. The van der Waals surface area contributed by atoms with Crippen LogP contribution in [0.1, 0.15) is 10.4 Å². The second-order valence-electron chi connectivity index (χ2n) is 6.26. The molecule has 0 aromatic heterocycles. The van der Waals surface area contributed by atoms with Crippen LogP contribution >= 0.6 is 0 Å². The highest BCUT2D eigenvalue weighted by atomic mass is 16.1. The minimum Gasteiger partial charge on any atom is -0.298 e. The fraction of sp³-hybridized carbons (Fsp3) is 0. The molecule has 0 saturated carbocycles. The lowest BCUT2D eigenvalue weighted by Crippen LogP contribution is -1.84. The first-order valence-electron chi connectivity index (χ1n) is 8.65. The Morgan fingerprint density at radius 3 is 1.35 bits per heavy atom. The average molecular weight is 334 g/mol. The van der Waals surface area contributed by atoms with Crippen molar-refractivity contribution in [1.82, 2.24) is 0 Å². The predicted molar refractivity (Wildman–Crippen MR) is 108 cm³/mol. The maximum atomic E-state index is 11.0. The number of carbonyl (C=O) groups is 1. The van der Waals surface area contributed by atoms with Crippen molar-refractivity contribution in [2.45, 2.75) is 0 Å². The van der Waals surface area contributed by atoms with Crippen LogP contribution in [0.25, 0.3) is 33.4 Å². The summed E-state index contributed by atoms with van der Waals surface area (Å²) >= 11 is 0. The molecule has 0 amide bonds. The van der Waals surface area contributed by atoms with Gasteiger partial charge in [-0.3, -0.25) is 4.79 Å². The Balaban J connectivity index is 1.59. The summed E-state index contributed by atoms with van der Waals surface area (Å²) < 4.78 is 0. The van der Waals surface area contributed by atoms with Crippen molar-refractivity contribution in [3.8, 4) is 33.4 Å². The molecule has 0 atom stereocenters. The van der Waals surface area contributed by atoms with E-state index < -0.39 is 0 Å². The van der Waals surface area contributed by atoms with E-state index in [0.717, 1.165) is 17.4 Å². The lowest BCUT2D eigenvalue weighted by molar-refractivity contribution is 0.112. The standard InChI is InChI=1S/C25H18O/c26-18-19-5-4-8-25(17-19)24-15-13-23(14-16-24)22-11-9-21(10-12-22)20-6-2-1-3-7-20/h1-18H. The van der Waals surface area contributed by atoms with E-state index in [1.807, 2.05) is 30.3 Å². The van der Waals surface area contributed by atoms with Gasteiger partial charge in [-0.1, -0.05) is 97.1 Å². The monoisotopic (exact) mass is 334 g/mol. The van der Waals surface area contributed by atoms with Gasteiger partial charge in [-0.15, -0.1) is 0 Å². The Labute approximate surface area is 153 Å². The Morgan fingerprint density at radius 2 is 0.846 bits per heavy atom. The third-order valence-electron chi connectivity index (χ3n) is 4.57. The second-order valence-corrected chi connectivity index (χ2v) is 6.26. The van der Waals surface area contributed by atoms with E-state index in [-0.39, 0.29) is 0 Å². The zero-order valence-electron chi connectivity index (χ0n) is 14.3. The van der Waals surface area contributed by atoms with Crippen LogP contribution in [0.3, 0.4) is 0 Å². The topological polar surface area (TPSA) is 17.1 Å². The summed E-state index contributed by atoms with van der Waals surface area (Å²) in [7, 11) is 0. The van der Waals surface area contributed by atoms with E-state index in [1.54, 1.807) is 0 Å². The number of rotatable bonds is 4. The van der Waals surface area contributed by atoms with E-state index in [2.05, 4.69) is 72.8 Å². The van der Waals surface area contributed by atoms with Gasteiger partial charge in [-0.2, -0.15) is 0 Å². The molecule has 0 spiro atoms. The first-order valence-corrected chi connectivity index (χ1v) is 8.65. The van der Waals surface area contributed by atoms with Gasteiger partial charge < -0.3 is 0 Å². The zero-order valence-corrected chi connectivity index (χ0v) is 14.3. The molecule has 0 saturated heterocycles. The van der Waals surface area contributed by atoms with Gasteiger partial charge in [0, 0.05) is 5.56 Å². The molecular weight excluding hydrogens is 316 g/mol. The van der Waals surface area contributed by atoms with Gasteiger partial charge in [0.05, 0.1) is 0 Å².